The van der Waals surface area contributed by atoms with Gasteiger partial charge in [0.25, 0.3) is 0 Å². The summed E-state index contributed by atoms with van der Waals surface area (Å²) in [5, 5.41) is 18.4. The number of morpholine rings is 3. The molecule has 20 nitrogen and oxygen atoms in total. The summed E-state index contributed by atoms with van der Waals surface area (Å²) in [6.07, 6.45) is -7.04. The van der Waals surface area contributed by atoms with Crippen LogP contribution in [0.4, 0.5) is 14.4 Å². The van der Waals surface area contributed by atoms with Crippen LogP contribution < -0.4 is 0 Å². The Morgan fingerprint density at radius 2 is 1.03 bits per heavy atom. The minimum absolute atomic E-state index is 0.00519. The number of hydrogen-bond donors (Lipinski definition) is 2. The third kappa shape index (κ3) is 21.1. The van der Waals surface area contributed by atoms with E-state index < -0.39 is 97.7 Å². The number of esters is 1. The van der Waals surface area contributed by atoms with Gasteiger partial charge in [0.05, 0.1) is 85.6 Å². The van der Waals surface area contributed by atoms with E-state index in [1.807, 2.05) is 30.3 Å². The molecule has 63 heavy (non-hydrogen) atoms. The number of ether oxygens (including phenoxy) is 9. The van der Waals surface area contributed by atoms with Crippen molar-refractivity contribution in [2.45, 2.75) is 129 Å². The summed E-state index contributed by atoms with van der Waals surface area (Å²) in [5.41, 5.74) is -1.17. The van der Waals surface area contributed by atoms with Gasteiger partial charge in [-0.2, -0.15) is 0 Å². The molecule has 3 fully saturated rings. The molecule has 6 atom stereocenters. The van der Waals surface area contributed by atoms with Crippen LogP contribution in [0, 0.1) is 0 Å². The van der Waals surface area contributed by atoms with Crippen LogP contribution in [-0.2, 0) is 63.6 Å². The van der Waals surface area contributed by atoms with Crippen molar-refractivity contribution in [2.75, 3.05) is 73.2 Å². The quantitative estimate of drug-likeness (QED) is 0.252. The Hall–Kier alpha value is -4.60. The van der Waals surface area contributed by atoms with E-state index >= 15 is 0 Å². The van der Waals surface area contributed by atoms with Crippen LogP contribution >= 0.6 is 0 Å². The lowest BCUT2D eigenvalue weighted by Crippen LogP contribution is -2.54. The molecule has 3 heterocycles. The van der Waals surface area contributed by atoms with Crippen molar-refractivity contribution in [1.29, 1.82) is 0 Å². The molecule has 3 amide bonds. The fourth-order valence-electron chi connectivity index (χ4n) is 5.73. The summed E-state index contributed by atoms with van der Waals surface area (Å²) in [6, 6.07) is 9.27. The Morgan fingerprint density at radius 3 is 1.43 bits per heavy atom. The Morgan fingerprint density at radius 1 is 0.635 bits per heavy atom. The zero-order chi connectivity index (χ0) is 52.7. The van der Waals surface area contributed by atoms with Gasteiger partial charge in [-0.15, -0.1) is 0 Å². The first-order valence-corrected chi connectivity index (χ1v) is 20.3. The minimum Gasteiger partial charge on any atom is -0.479 e. The average molecular weight is 906 g/mol. The molecule has 0 bridgehead atoms. The summed E-state index contributed by atoms with van der Waals surface area (Å²) in [7, 11) is -5.17. The third-order valence-electron chi connectivity index (χ3n) is 8.41. The number of aliphatic carboxylic acids is 1. The molecular formula is C43H69N3O17. The topological polar surface area (TPSA) is 236 Å². The van der Waals surface area contributed by atoms with Crippen molar-refractivity contribution < 1.29 is 89.8 Å². The fourth-order valence-corrected chi connectivity index (χ4v) is 5.73. The molecule has 0 saturated carbocycles. The number of benzene rings is 1. The highest BCUT2D eigenvalue weighted by Crippen LogP contribution is 2.20. The molecule has 3 aliphatic heterocycles. The van der Waals surface area contributed by atoms with Gasteiger partial charge in [-0.3, -0.25) is 4.79 Å². The van der Waals surface area contributed by atoms with Gasteiger partial charge in [-0.05, 0) is 74.8 Å². The number of carboxylic acid groups (broad SMARTS) is 1. The molecule has 20 heteroatoms. The molecule has 0 aromatic heterocycles. The number of amides is 3. The second-order valence-corrected chi connectivity index (χ2v) is 17.7. The summed E-state index contributed by atoms with van der Waals surface area (Å²) in [6.45, 7) is 16.4. The van der Waals surface area contributed by atoms with Gasteiger partial charge in [0, 0.05) is 14.1 Å². The standard InChI is InChI=1S/C18H25NO6.C13H23NO5.C12H21NO6/c1-18(2,3)25-17(22)19-9-14(11-20)24-15(10-19)16(21)23-12-13-7-5-4-6-8-13;1-9(15)11-7-14(6-10(18-11)8-17-5)12(16)19-13(2,3)4;1-12(2,3)19-11(16)13-5-8(7-17-4)18-9(6-13)10(14)15/h4-8,14-15,20H,9-12H2,1-3H3;10-11H,6-8H2,1-5H3;8-9H,5-7H2,1-4H3,(H,14,15)/t14-,15+;10-,11+;8-,9+/m000/s1/i;5D3;4D3. The van der Waals surface area contributed by atoms with Gasteiger partial charge >= 0.3 is 30.2 Å². The second-order valence-electron chi connectivity index (χ2n) is 17.7. The maximum atomic E-state index is 12.3. The fraction of sp³-hybridized carbons (Fsp3) is 0.721. The Kier molecular flexibility index (Phi) is 17.9. The molecule has 1 aromatic carbocycles. The number of carbonyl (C=O) groups is 6. The van der Waals surface area contributed by atoms with Gasteiger partial charge in [0.1, 0.15) is 29.5 Å². The average Bonchev–Trinajstić information content (AvgIpc) is 3.22. The maximum Gasteiger partial charge on any atom is 0.410 e. The van der Waals surface area contributed by atoms with E-state index in [4.69, 9.17) is 51.2 Å². The van der Waals surface area contributed by atoms with Crippen molar-refractivity contribution in [3.63, 3.8) is 0 Å². The molecule has 358 valence electrons. The van der Waals surface area contributed by atoms with E-state index in [0.717, 1.165) is 5.56 Å². The number of aliphatic hydroxyl groups is 1. The van der Waals surface area contributed by atoms with E-state index in [2.05, 4.69) is 4.74 Å². The number of nitrogens with zero attached hydrogens (tertiary/aromatic N) is 3. The number of aliphatic hydroxyl groups excluding tert-OH is 1. The molecule has 3 saturated heterocycles. The van der Waals surface area contributed by atoms with E-state index in [9.17, 15) is 33.9 Å². The third-order valence-corrected chi connectivity index (χ3v) is 8.41. The van der Waals surface area contributed by atoms with E-state index in [0.29, 0.717) is 0 Å². The summed E-state index contributed by atoms with van der Waals surface area (Å²) in [4.78, 5) is 75.2. The normalized spacial score (nSPS) is 24.7. The smallest absolute Gasteiger partial charge is 0.410 e. The number of carbonyl (C=O) groups excluding carboxylic acids is 5. The van der Waals surface area contributed by atoms with Gasteiger partial charge in [-0.1, -0.05) is 30.3 Å². The van der Waals surface area contributed by atoms with Crippen LogP contribution in [0.1, 0.15) is 83.0 Å². The van der Waals surface area contributed by atoms with Crippen molar-refractivity contribution in [1.82, 2.24) is 14.7 Å². The van der Waals surface area contributed by atoms with Crippen molar-refractivity contribution in [2.24, 2.45) is 0 Å². The van der Waals surface area contributed by atoms with Crippen LogP contribution in [0.3, 0.4) is 0 Å². The highest BCUT2D eigenvalue weighted by Gasteiger charge is 2.39. The lowest BCUT2D eigenvalue weighted by atomic mass is 10.1. The number of methoxy groups -OCH3 is 2. The molecule has 0 radical (unpaired) electrons. The van der Waals surface area contributed by atoms with Crippen LogP contribution in [-0.4, -0.2) is 188 Å². The first kappa shape index (κ1) is 45.0. The number of carboxylic acids is 1. The summed E-state index contributed by atoms with van der Waals surface area (Å²) in [5.74, 6) is -2.06. The zero-order valence-corrected chi connectivity index (χ0v) is 37.8. The first-order chi connectivity index (χ1) is 31.5. The molecule has 2 N–H and O–H groups in total. The van der Waals surface area contributed by atoms with Crippen LogP contribution in [0.2, 0.25) is 0 Å². The van der Waals surface area contributed by atoms with Crippen LogP contribution in [0.25, 0.3) is 0 Å². The predicted molar refractivity (Wildman–Crippen MR) is 225 cm³/mol. The van der Waals surface area contributed by atoms with Gasteiger partial charge in [0.2, 0.25) is 0 Å². The summed E-state index contributed by atoms with van der Waals surface area (Å²) < 4.78 is 88.6. The van der Waals surface area contributed by atoms with Gasteiger partial charge < -0.3 is 67.5 Å². The molecule has 3 aliphatic rings. The van der Waals surface area contributed by atoms with Crippen molar-refractivity contribution >= 4 is 36.0 Å². The van der Waals surface area contributed by atoms with E-state index in [-0.39, 0.29) is 71.5 Å². The molecule has 0 aliphatic carbocycles. The predicted octanol–water partition coefficient (Wildman–Crippen LogP) is 3.67. The zero-order valence-electron chi connectivity index (χ0n) is 43.8. The number of Topliss-reactive ketones (excluding diaryl/α,β-unsaturated/α-hetero) is 1. The largest absolute Gasteiger partial charge is 0.479 e. The van der Waals surface area contributed by atoms with E-state index in [1.54, 1.807) is 62.3 Å². The number of rotatable bonds is 10. The molecular weight excluding hydrogens is 830 g/mol. The molecule has 4 rings (SSSR count). The van der Waals surface area contributed by atoms with Gasteiger partial charge in [0.15, 0.2) is 18.0 Å². The van der Waals surface area contributed by atoms with Gasteiger partial charge in [-0.25, -0.2) is 24.0 Å². The van der Waals surface area contributed by atoms with Crippen molar-refractivity contribution in [3.8, 4) is 0 Å². The monoisotopic (exact) mass is 906 g/mol. The lowest BCUT2D eigenvalue weighted by Gasteiger charge is -2.37. The first-order valence-electron chi connectivity index (χ1n) is 23.3. The van der Waals surface area contributed by atoms with Crippen LogP contribution in [0.5, 0.6) is 0 Å². The highest BCUT2D eigenvalue weighted by molar-refractivity contribution is 5.82. The second kappa shape index (κ2) is 25.0. The Balaban J connectivity index is 0.000000356. The SMILES string of the molecule is CC(C)(C)OC(=O)N1C[C@@H](CO)O[C@@H](C(=O)OCc2ccccc2)C1.[2H]C([2H])([2H])OC[C@@H]1CN(C(=O)OC(C)(C)C)C[C@H](C(=O)O)O1.[2H]C([2H])([2H])OC[C@@H]1CN(C(=O)OC(C)(C)C)C[C@H](C(C)=O)O1. The number of hydrogen-bond acceptors (Lipinski definition) is 16. The Labute approximate surface area is 378 Å². The molecule has 1 aromatic rings. The Bertz CT molecular complexity index is 1760. The summed E-state index contributed by atoms with van der Waals surface area (Å²) >= 11 is 0. The van der Waals surface area contributed by atoms with Crippen LogP contribution in [0.15, 0.2) is 30.3 Å². The molecule has 0 unspecified atom stereocenters. The van der Waals surface area contributed by atoms with E-state index in [1.165, 1.54) is 21.6 Å². The molecule has 0 spiro atoms. The van der Waals surface area contributed by atoms with Crippen molar-refractivity contribution in [3.05, 3.63) is 35.9 Å². The minimum atomic E-state index is -2.61. The maximum absolute atomic E-state index is 12.3. The lowest BCUT2D eigenvalue weighted by molar-refractivity contribution is -0.173. The number of ketones is 1. The highest BCUT2D eigenvalue weighted by atomic mass is 16.6.